The average Bonchev–Trinajstić information content (AvgIpc) is 2.25. The van der Waals surface area contributed by atoms with Crippen LogP contribution in [0.15, 0.2) is 29.4 Å². The summed E-state index contributed by atoms with van der Waals surface area (Å²) in [6, 6.07) is 4.27. The molecule has 4 nitrogen and oxygen atoms in total. The first-order valence-electron chi connectivity index (χ1n) is 4.31. The maximum absolute atomic E-state index is 12.3. The number of azide groups is 1. The van der Waals surface area contributed by atoms with Crippen LogP contribution in [0.5, 0.6) is 0 Å². The van der Waals surface area contributed by atoms with Crippen LogP contribution in [-0.2, 0) is 6.18 Å². The van der Waals surface area contributed by atoms with Crippen LogP contribution in [0, 0.1) is 0 Å². The van der Waals surface area contributed by atoms with Crippen molar-refractivity contribution < 1.29 is 18.3 Å². The number of alkyl halides is 3. The van der Waals surface area contributed by atoms with Gasteiger partial charge in [-0.1, -0.05) is 17.2 Å². The fraction of sp³-hybridized carbons (Fsp3) is 0.333. The van der Waals surface area contributed by atoms with E-state index < -0.39 is 17.8 Å². The summed E-state index contributed by atoms with van der Waals surface area (Å²) in [5.41, 5.74) is 7.24. The van der Waals surface area contributed by atoms with Gasteiger partial charge in [-0.05, 0) is 23.2 Å². The Morgan fingerprint density at radius 3 is 2.69 bits per heavy atom. The van der Waals surface area contributed by atoms with Crippen molar-refractivity contribution in [1.82, 2.24) is 0 Å². The summed E-state index contributed by atoms with van der Waals surface area (Å²) in [7, 11) is 0. The topological polar surface area (TPSA) is 69.0 Å². The van der Waals surface area contributed by atoms with Crippen molar-refractivity contribution in [3.05, 3.63) is 45.8 Å². The van der Waals surface area contributed by atoms with Crippen LogP contribution in [-0.4, -0.2) is 11.7 Å². The predicted molar refractivity (Wildman–Crippen MR) is 50.4 cm³/mol. The molecule has 0 aliphatic carbocycles. The van der Waals surface area contributed by atoms with Crippen LogP contribution >= 0.6 is 0 Å². The van der Waals surface area contributed by atoms with Crippen molar-refractivity contribution in [1.29, 1.82) is 0 Å². The zero-order valence-corrected chi connectivity index (χ0v) is 8.02. The van der Waals surface area contributed by atoms with Crippen molar-refractivity contribution in [2.75, 3.05) is 6.54 Å². The molecule has 1 unspecified atom stereocenters. The zero-order chi connectivity index (χ0) is 12.2. The summed E-state index contributed by atoms with van der Waals surface area (Å²) in [6.45, 7) is -0.294. The molecule has 0 aromatic heterocycles. The molecule has 0 aliphatic rings. The number of hydrogen-bond donors (Lipinski definition) is 1. The van der Waals surface area contributed by atoms with E-state index in [1.165, 1.54) is 12.1 Å². The molecule has 0 heterocycles. The fourth-order valence-corrected chi connectivity index (χ4v) is 1.14. The summed E-state index contributed by atoms with van der Waals surface area (Å²) in [5, 5.41) is 12.5. The Bertz CT molecular complexity index is 413. The van der Waals surface area contributed by atoms with Gasteiger partial charge >= 0.3 is 6.18 Å². The zero-order valence-electron chi connectivity index (χ0n) is 8.02. The van der Waals surface area contributed by atoms with Crippen LogP contribution in [0.1, 0.15) is 17.2 Å². The fourth-order valence-electron chi connectivity index (χ4n) is 1.14. The smallest absolute Gasteiger partial charge is 0.388 e. The maximum Gasteiger partial charge on any atom is 0.416 e. The van der Waals surface area contributed by atoms with Crippen LogP contribution < -0.4 is 0 Å². The number of aliphatic hydroxyl groups excluding tert-OH is 1. The Hall–Kier alpha value is -1.72. The first-order valence-corrected chi connectivity index (χ1v) is 4.31. The van der Waals surface area contributed by atoms with Gasteiger partial charge in [-0.3, -0.25) is 0 Å². The van der Waals surface area contributed by atoms with Gasteiger partial charge in [0.15, 0.2) is 0 Å². The highest BCUT2D eigenvalue weighted by molar-refractivity contribution is 5.27. The molecule has 7 heteroatoms. The van der Waals surface area contributed by atoms with Gasteiger partial charge in [0, 0.05) is 4.91 Å². The van der Waals surface area contributed by atoms with E-state index in [9.17, 15) is 18.3 Å². The molecule has 0 bridgehead atoms. The molecule has 0 saturated carbocycles. The van der Waals surface area contributed by atoms with E-state index in [0.717, 1.165) is 12.1 Å². The van der Waals surface area contributed by atoms with E-state index in [-0.39, 0.29) is 12.1 Å². The highest BCUT2D eigenvalue weighted by Crippen LogP contribution is 2.30. The van der Waals surface area contributed by atoms with Gasteiger partial charge in [-0.25, -0.2) is 0 Å². The molecule has 1 aromatic rings. The lowest BCUT2D eigenvalue weighted by molar-refractivity contribution is -0.137. The minimum absolute atomic E-state index is 0.0715. The van der Waals surface area contributed by atoms with Crippen molar-refractivity contribution in [2.45, 2.75) is 12.3 Å². The molecule has 0 amide bonds. The largest absolute Gasteiger partial charge is 0.416 e. The third-order valence-corrected chi connectivity index (χ3v) is 1.92. The molecule has 86 valence electrons. The van der Waals surface area contributed by atoms with Crippen molar-refractivity contribution in [3.63, 3.8) is 0 Å². The molecular weight excluding hydrogens is 223 g/mol. The molecule has 0 saturated heterocycles. The Kier molecular flexibility index (Phi) is 3.76. The monoisotopic (exact) mass is 231 g/mol. The molecule has 1 rings (SSSR count). The quantitative estimate of drug-likeness (QED) is 0.484. The molecule has 0 spiro atoms. The summed E-state index contributed by atoms with van der Waals surface area (Å²) < 4.78 is 37.0. The SMILES string of the molecule is [N-]=[N+]=NCC(O)c1cccc(C(F)(F)F)c1. The number of rotatable bonds is 3. The first-order chi connectivity index (χ1) is 7.45. The number of aliphatic hydroxyl groups is 1. The maximum atomic E-state index is 12.3. The minimum Gasteiger partial charge on any atom is -0.388 e. The summed E-state index contributed by atoms with van der Waals surface area (Å²) in [4.78, 5) is 2.42. The van der Waals surface area contributed by atoms with Gasteiger partial charge < -0.3 is 5.11 Å². The van der Waals surface area contributed by atoms with Gasteiger partial charge in [0.2, 0.25) is 0 Å². The minimum atomic E-state index is -4.45. The number of hydrogen-bond acceptors (Lipinski definition) is 2. The van der Waals surface area contributed by atoms with Gasteiger partial charge in [0.05, 0.1) is 18.2 Å². The molecule has 1 aromatic carbocycles. The normalized spacial score (nSPS) is 13.0. The van der Waals surface area contributed by atoms with E-state index in [1.54, 1.807) is 0 Å². The first kappa shape index (κ1) is 12.4. The lowest BCUT2D eigenvalue weighted by Crippen LogP contribution is -2.07. The van der Waals surface area contributed by atoms with Gasteiger partial charge in [-0.15, -0.1) is 0 Å². The predicted octanol–water partition coefficient (Wildman–Crippen LogP) is 3.05. The van der Waals surface area contributed by atoms with E-state index in [2.05, 4.69) is 10.0 Å². The van der Waals surface area contributed by atoms with Crippen molar-refractivity contribution >= 4 is 0 Å². The lowest BCUT2D eigenvalue weighted by atomic mass is 10.1. The molecule has 0 radical (unpaired) electrons. The molecule has 0 aliphatic heterocycles. The van der Waals surface area contributed by atoms with Crippen LogP contribution in [0.4, 0.5) is 13.2 Å². The highest BCUT2D eigenvalue weighted by Gasteiger charge is 2.30. The Morgan fingerprint density at radius 1 is 1.44 bits per heavy atom. The molecule has 0 fully saturated rings. The van der Waals surface area contributed by atoms with Crippen molar-refractivity contribution in [2.24, 2.45) is 5.11 Å². The Balaban J connectivity index is 2.94. The Labute approximate surface area is 89.0 Å². The summed E-state index contributed by atoms with van der Waals surface area (Å²) in [5.74, 6) is 0. The number of halogens is 3. The second kappa shape index (κ2) is 4.87. The third-order valence-electron chi connectivity index (χ3n) is 1.92. The van der Waals surface area contributed by atoms with Gasteiger partial charge in [0.25, 0.3) is 0 Å². The molecule has 1 N–H and O–H groups in total. The molecule has 16 heavy (non-hydrogen) atoms. The lowest BCUT2D eigenvalue weighted by Gasteiger charge is -2.11. The summed E-state index contributed by atoms with van der Waals surface area (Å²) in [6.07, 6.45) is -5.67. The molecule has 1 atom stereocenters. The second-order valence-corrected chi connectivity index (χ2v) is 3.05. The third kappa shape index (κ3) is 3.15. The summed E-state index contributed by atoms with van der Waals surface area (Å²) >= 11 is 0. The van der Waals surface area contributed by atoms with Crippen LogP contribution in [0.25, 0.3) is 10.4 Å². The Morgan fingerprint density at radius 2 is 2.12 bits per heavy atom. The van der Waals surface area contributed by atoms with E-state index in [0.29, 0.717) is 0 Å². The van der Waals surface area contributed by atoms with Gasteiger partial charge in [-0.2, -0.15) is 13.2 Å². The van der Waals surface area contributed by atoms with E-state index in [1.807, 2.05) is 0 Å². The van der Waals surface area contributed by atoms with Crippen LogP contribution in [0.2, 0.25) is 0 Å². The average molecular weight is 231 g/mol. The van der Waals surface area contributed by atoms with E-state index >= 15 is 0 Å². The standard InChI is InChI=1S/C9H8F3N3O/c10-9(11,12)7-3-1-2-6(4-7)8(16)5-14-15-13/h1-4,8,16H,5H2. The van der Waals surface area contributed by atoms with Crippen LogP contribution in [0.3, 0.4) is 0 Å². The number of benzene rings is 1. The molecular formula is C9H8F3N3O. The number of nitrogens with zero attached hydrogens (tertiary/aromatic N) is 3. The second-order valence-electron chi connectivity index (χ2n) is 3.05. The van der Waals surface area contributed by atoms with E-state index in [4.69, 9.17) is 5.53 Å². The van der Waals surface area contributed by atoms with Crippen molar-refractivity contribution in [3.8, 4) is 0 Å². The van der Waals surface area contributed by atoms with Gasteiger partial charge in [0.1, 0.15) is 0 Å². The highest BCUT2D eigenvalue weighted by atomic mass is 19.4.